The summed E-state index contributed by atoms with van der Waals surface area (Å²) in [7, 11) is 1.63. The molecule has 0 radical (unpaired) electrons. The highest BCUT2D eigenvalue weighted by Gasteiger charge is 2.44. The first-order valence-electron chi connectivity index (χ1n) is 5.94. The first-order chi connectivity index (χ1) is 8.53. The van der Waals surface area contributed by atoms with E-state index in [1.54, 1.807) is 7.11 Å². The number of ether oxygens (including phenoxy) is 3. The Balaban J connectivity index is 1.96. The van der Waals surface area contributed by atoms with E-state index >= 15 is 0 Å². The van der Waals surface area contributed by atoms with Crippen molar-refractivity contribution >= 4 is 5.97 Å². The summed E-state index contributed by atoms with van der Waals surface area (Å²) in [6.07, 6.45) is -0.486. The smallest absolute Gasteiger partial charge is 0.335 e. The van der Waals surface area contributed by atoms with Gasteiger partial charge in [-0.05, 0) is 17.7 Å². The summed E-state index contributed by atoms with van der Waals surface area (Å²) in [6.45, 7) is 4.75. The van der Waals surface area contributed by atoms with Crippen LogP contribution in [0.1, 0.15) is 19.4 Å². The Morgan fingerprint density at radius 2 is 2.00 bits per heavy atom. The number of benzene rings is 1. The monoisotopic (exact) mass is 250 g/mol. The van der Waals surface area contributed by atoms with Crippen LogP contribution in [0.25, 0.3) is 0 Å². The zero-order valence-electron chi connectivity index (χ0n) is 10.9. The fourth-order valence-electron chi connectivity index (χ4n) is 1.92. The van der Waals surface area contributed by atoms with E-state index in [0.29, 0.717) is 13.2 Å². The molecule has 0 bridgehead atoms. The van der Waals surface area contributed by atoms with Crippen LogP contribution in [0, 0.1) is 5.41 Å². The van der Waals surface area contributed by atoms with E-state index in [1.165, 1.54) is 0 Å². The van der Waals surface area contributed by atoms with Gasteiger partial charge in [-0.3, -0.25) is 0 Å². The molecule has 0 N–H and O–H groups in total. The summed E-state index contributed by atoms with van der Waals surface area (Å²) >= 11 is 0. The highest BCUT2D eigenvalue weighted by atomic mass is 16.6. The third kappa shape index (κ3) is 2.64. The molecule has 2 rings (SSSR count). The lowest BCUT2D eigenvalue weighted by Gasteiger charge is -2.21. The van der Waals surface area contributed by atoms with Crippen molar-refractivity contribution < 1.29 is 19.0 Å². The van der Waals surface area contributed by atoms with E-state index in [1.807, 2.05) is 38.1 Å². The molecule has 0 spiro atoms. The summed E-state index contributed by atoms with van der Waals surface area (Å²) in [4.78, 5) is 11.5. The average molecular weight is 250 g/mol. The molecule has 18 heavy (non-hydrogen) atoms. The molecular weight excluding hydrogens is 232 g/mol. The van der Waals surface area contributed by atoms with Crippen molar-refractivity contribution in [3.05, 3.63) is 29.8 Å². The van der Waals surface area contributed by atoms with Gasteiger partial charge >= 0.3 is 5.97 Å². The van der Waals surface area contributed by atoms with E-state index in [-0.39, 0.29) is 11.4 Å². The molecule has 0 unspecified atom stereocenters. The van der Waals surface area contributed by atoms with Crippen molar-refractivity contribution in [2.45, 2.75) is 26.6 Å². The predicted molar refractivity (Wildman–Crippen MR) is 66.3 cm³/mol. The summed E-state index contributed by atoms with van der Waals surface area (Å²) in [5, 5.41) is 0. The van der Waals surface area contributed by atoms with Crippen LogP contribution < -0.4 is 4.74 Å². The molecule has 0 aromatic heterocycles. The molecule has 1 aromatic rings. The maximum absolute atomic E-state index is 11.5. The van der Waals surface area contributed by atoms with Crippen LogP contribution in [0.4, 0.5) is 0 Å². The summed E-state index contributed by atoms with van der Waals surface area (Å²) in [5.41, 5.74) is 0.745. The molecular formula is C14H18O4. The normalized spacial score (nSPS) is 21.7. The van der Waals surface area contributed by atoms with Crippen LogP contribution in [-0.2, 0) is 20.9 Å². The van der Waals surface area contributed by atoms with Crippen LogP contribution in [0.5, 0.6) is 5.75 Å². The van der Waals surface area contributed by atoms with E-state index in [4.69, 9.17) is 14.2 Å². The molecule has 1 aromatic carbocycles. The van der Waals surface area contributed by atoms with Gasteiger partial charge in [0.2, 0.25) is 0 Å². The van der Waals surface area contributed by atoms with Gasteiger partial charge in [0.25, 0.3) is 0 Å². The van der Waals surface area contributed by atoms with E-state index in [0.717, 1.165) is 11.3 Å². The van der Waals surface area contributed by atoms with E-state index in [9.17, 15) is 4.79 Å². The van der Waals surface area contributed by atoms with Crippen LogP contribution in [-0.4, -0.2) is 25.8 Å². The molecule has 1 atom stereocenters. The van der Waals surface area contributed by atoms with Gasteiger partial charge in [0.05, 0.1) is 20.3 Å². The minimum absolute atomic E-state index is 0.260. The molecule has 1 heterocycles. The van der Waals surface area contributed by atoms with Crippen LogP contribution in [0.3, 0.4) is 0 Å². The van der Waals surface area contributed by atoms with Gasteiger partial charge in [-0.25, -0.2) is 4.79 Å². The number of esters is 1. The van der Waals surface area contributed by atoms with Crippen LogP contribution in [0.2, 0.25) is 0 Å². The third-order valence-electron chi connectivity index (χ3n) is 3.09. The highest BCUT2D eigenvalue weighted by molar-refractivity contribution is 5.77. The lowest BCUT2D eigenvalue weighted by atomic mass is 9.90. The van der Waals surface area contributed by atoms with Crippen LogP contribution in [0.15, 0.2) is 24.3 Å². The zero-order chi connectivity index (χ0) is 13.2. The second kappa shape index (κ2) is 4.98. The quantitative estimate of drug-likeness (QED) is 0.768. The Bertz CT molecular complexity index is 422. The fraction of sp³-hybridized carbons (Fsp3) is 0.500. The van der Waals surface area contributed by atoms with Crippen molar-refractivity contribution in [1.29, 1.82) is 0 Å². The number of hydrogen-bond donors (Lipinski definition) is 0. The third-order valence-corrected chi connectivity index (χ3v) is 3.09. The first-order valence-corrected chi connectivity index (χ1v) is 5.94. The van der Waals surface area contributed by atoms with E-state index < -0.39 is 6.10 Å². The molecule has 4 heteroatoms. The zero-order valence-corrected chi connectivity index (χ0v) is 10.9. The lowest BCUT2D eigenvalue weighted by Crippen LogP contribution is -2.32. The Hall–Kier alpha value is -1.55. The van der Waals surface area contributed by atoms with Gasteiger partial charge in [-0.2, -0.15) is 0 Å². The van der Waals surface area contributed by atoms with Gasteiger partial charge < -0.3 is 14.2 Å². The van der Waals surface area contributed by atoms with Crippen LogP contribution >= 0.6 is 0 Å². The highest BCUT2D eigenvalue weighted by Crippen LogP contribution is 2.31. The van der Waals surface area contributed by atoms with Gasteiger partial charge in [-0.1, -0.05) is 26.0 Å². The van der Waals surface area contributed by atoms with Crippen molar-refractivity contribution in [3.63, 3.8) is 0 Å². The second-order valence-corrected chi connectivity index (χ2v) is 5.14. The maximum atomic E-state index is 11.5. The molecule has 1 aliphatic heterocycles. The van der Waals surface area contributed by atoms with Gasteiger partial charge in [0.1, 0.15) is 5.75 Å². The van der Waals surface area contributed by atoms with Crippen molar-refractivity contribution in [3.8, 4) is 5.75 Å². The largest absolute Gasteiger partial charge is 0.497 e. The maximum Gasteiger partial charge on any atom is 0.335 e. The van der Waals surface area contributed by atoms with Crippen molar-refractivity contribution in [2.75, 3.05) is 13.7 Å². The molecule has 1 saturated heterocycles. The SMILES string of the molecule is COc1ccc(CO[C@H]2C(=O)OCC2(C)C)cc1. The van der Waals surface area contributed by atoms with E-state index in [2.05, 4.69) is 0 Å². The van der Waals surface area contributed by atoms with Gasteiger partial charge in [0, 0.05) is 5.41 Å². The molecule has 0 aliphatic carbocycles. The molecule has 0 saturated carbocycles. The minimum Gasteiger partial charge on any atom is -0.497 e. The van der Waals surface area contributed by atoms with Crippen molar-refractivity contribution in [1.82, 2.24) is 0 Å². The number of hydrogen-bond acceptors (Lipinski definition) is 4. The topological polar surface area (TPSA) is 44.8 Å². The Kier molecular flexibility index (Phi) is 3.57. The molecule has 4 nitrogen and oxygen atoms in total. The number of methoxy groups -OCH3 is 1. The Morgan fingerprint density at radius 3 is 2.50 bits per heavy atom. The number of cyclic esters (lactones) is 1. The van der Waals surface area contributed by atoms with Gasteiger partial charge in [0.15, 0.2) is 6.10 Å². The Morgan fingerprint density at radius 1 is 1.33 bits per heavy atom. The summed E-state index contributed by atoms with van der Waals surface area (Å²) < 4.78 is 15.8. The predicted octanol–water partition coefficient (Wildman–Crippen LogP) is 2.16. The van der Waals surface area contributed by atoms with Gasteiger partial charge in [-0.15, -0.1) is 0 Å². The summed E-state index contributed by atoms with van der Waals surface area (Å²) in [6, 6.07) is 7.59. The molecule has 98 valence electrons. The molecule has 1 aliphatic rings. The number of carbonyl (C=O) groups excluding carboxylic acids is 1. The standard InChI is InChI=1S/C14H18O4/c1-14(2)9-18-13(15)12(14)17-8-10-4-6-11(16-3)7-5-10/h4-7,12H,8-9H2,1-3H3/t12-/m0/s1. The van der Waals surface area contributed by atoms with Crippen molar-refractivity contribution in [2.24, 2.45) is 5.41 Å². The lowest BCUT2D eigenvalue weighted by molar-refractivity contribution is -0.149. The fourth-order valence-corrected chi connectivity index (χ4v) is 1.92. The molecule has 0 amide bonds. The number of rotatable bonds is 4. The second-order valence-electron chi connectivity index (χ2n) is 5.14. The molecule has 1 fully saturated rings. The summed E-state index contributed by atoms with van der Waals surface area (Å²) in [5.74, 6) is 0.535. The first kappa shape index (κ1) is 12.9. The average Bonchev–Trinajstić information content (AvgIpc) is 2.62. The number of carbonyl (C=O) groups is 1. The Labute approximate surface area is 107 Å². The minimum atomic E-state index is -0.486.